The zero-order valence-corrected chi connectivity index (χ0v) is 20.9. The first-order valence-electron chi connectivity index (χ1n) is 10.1. The van der Waals surface area contributed by atoms with Gasteiger partial charge in [0.25, 0.3) is 11.8 Å². The molecule has 0 saturated carbocycles. The molecule has 1 atom stereocenters. The van der Waals surface area contributed by atoms with Gasteiger partial charge in [0, 0.05) is 10.6 Å². The largest absolute Gasteiger partial charge is 0.493 e. The molecule has 2 aromatic rings. The van der Waals surface area contributed by atoms with Crippen LogP contribution in [-0.2, 0) is 4.79 Å². The number of nitrogens with zero attached hydrogens (tertiary/aromatic N) is 1. The number of carbonyl (C=O) groups excluding carboxylic acids is 2. The highest BCUT2D eigenvalue weighted by atomic mass is 79.9. The second kappa shape index (κ2) is 12.9. The number of nitrogens with one attached hydrogen (secondary N) is 2. The molecule has 0 bridgehead atoms. The van der Waals surface area contributed by atoms with E-state index in [1.165, 1.54) is 13.3 Å². The third-order valence-corrected chi connectivity index (χ3v) is 5.22. The molecule has 2 amide bonds. The van der Waals surface area contributed by atoms with Gasteiger partial charge in [-0.3, -0.25) is 9.59 Å². The SMILES string of the molecule is C#CCOc1c(Br)cc(C=NNC(=O)C(CC(C)C)NC(=O)c2ccc(Cl)cc2)cc1OC. The van der Waals surface area contributed by atoms with Crippen LogP contribution in [0.4, 0.5) is 0 Å². The fourth-order valence-corrected chi connectivity index (χ4v) is 3.56. The quantitative estimate of drug-likeness (QED) is 0.268. The summed E-state index contributed by atoms with van der Waals surface area (Å²) in [7, 11) is 1.51. The second-order valence-electron chi connectivity index (χ2n) is 7.42. The van der Waals surface area contributed by atoms with E-state index in [9.17, 15) is 9.59 Å². The maximum absolute atomic E-state index is 12.7. The minimum absolute atomic E-state index is 0.0947. The number of hydrogen-bond acceptors (Lipinski definition) is 5. The van der Waals surface area contributed by atoms with Crippen LogP contribution < -0.4 is 20.2 Å². The van der Waals surface area contributed by atoms with E-state index in [0.29, 0.717) is 38.5 Å². The van der Waals surface area contributed by atoms with Crippen LogP contribution in [0.25, 0.3) is 0 Å². The first-order chi connectivity index (χ1) is 15.7. The van der Waals surface area contributed by atoms with Crippen LogP contribution in [0.15, 0.2) is 46.0 Å². The molecule has 0 spiro atoms. The second-order valence-corrected chi connectivity index (χ2v) is 8.71. The molecule has 2 N–H and O–H groups in total. The summed E-state index contributed by atoms with van der Waals surface area (Å²) in [6, 6.07) is 9.12. The van der Waals surface area contributed by atoms with E-state index in [1.807, 2.05) is 13.8 Å². The molecule has 33 heavy (non-hydrogen) atoms. The Morgan fingerprint density at radius 3 is 2.58 bits per heavy atom. The fourth-order valence-electron chi connectivity index (χ4n) is 2.86. The molecule has 0 aliphatic carbocycles. The zero-order chi connectivity index (χ0) is 24.4. The van der Waals surface area contributed by atoms with Crippen molar-refractivity contribution in [2.24, 2.45) is 11.0 Å². The summed E-state index contributed by atoms with van der Waals surface area (Å²) in [6.45, 7) is 4.02. The molecule has 0 saturated heterocycles. The Balaban J connectivity index is 2.10. The number of terminal acetylenes is 1. The monoisotopic (exact) mass is 533 g/mol. The van der Waals surface area contributed by atoms with E-state index in [-0.39, 0.29) is 18.4 Å². The molecule has 0 fully saturated rings. The predicted molar refractivity (Wildman–Crippen MR) is 133 cm³/mol. The lowest BCUT2D eigenvalue weighted by Crippen LogP contribution is -2.46. The van der Waals surface area contributed by atoms with Gasteiger partial charge >= 0.3 is 0 Å². The van der Waals surface area contributed by atoms with Crippen molar-refractivity contribution in [3.63, 3.8) is 0 Å². The lowest BCUT2D eigenvalue weighted by atomic mass is 10.0. The Hall–Kier alpha value is -3.02. The lowest BCUT2D eigenvalue weighted by molar-refractivity contribution is -0.123. The highest BCUT2D eigenvalue weighted by molar-refractivity contribution is 9.10. The van der Waals surface area contributed by atoms with Crippen molar-refractivity contribution in [1.82, 2.24) is 10.7 Å². The summed E-state index contributed by atoms with van der Waals surface area (Å²) in [5, 5.41) is 7.31. The molecule has 0 heterocycles. The third-order valence-electron chi connectivity index (χ3n) is 4.38. The highest BCUT2D eigenvalue weighted by Gasteiger charge is 2.22. The van der Waals surface area contributed by atoms with Gasteiger partial charge in [-0.15, -0.1) is 6.42 Å². The van der Waals surface area contributed by atoms with Gasteiger partial charge in [-0.2, -0.15) is 5.10 Å². The number of amides is 2. The van der Waals surface area contributed by atoms with E-state index >= 15 is 0 Å². The Bertz CT molecular complexity index is 1050. The summed E-state index contributed by atoms with van der Waals surface area (Å²) in [5.41, 5.74) is 3.55. The van der Waals surface area contributed by atoms with E-state index < -0.39 is 11.9 Å². The van der Waals surface area contributed by atoms with Gasteiger partial charge in [0.15, 0.2) is 11.5 Å². The third kappa shape index (κ3) is 8.12. The Labute approximate surface area is 207 Å². The summed E-state index contributed by atoms with van der Waals surface area (Å²) in [4.78, 5) is 25.3. The molecular formula is C24H25BrClN3O4. The van der Waals surface area contributed by atoms with Gasteiger partial charge in [-0.1, -0.05) is 31.4 Å². The molecule has 7 nitrogen and oxygen atoms in total. The van der Waals surface area contributed by atoms with Gasteiger partial charge in [0.05, 0.1) is 17.8 Å². The molecule has 0 aromatic heterocycles. The van der Waals surface area contributed by atoms with Gasteiger partial charge in [0.2, 0.25) is 0 Å². The Morgan fingerprint density at radius 1 is 1.27 bits per heavy atom. The fraction of sp³-hybridized carbons (Fsp3) is 0.292. The minimum atomic E-state index is -0.758. The number of hydrazone groups is 1. The molecule has 2 rings (SSSR count). The molecule has 174 valence electrons. The summed E-state index contributed by atoms with van der Waals surface area (Å²) >= 11 is 9.29. The average Bonchev–Trinajstić information content (AvgIpc) is 2.77. The van der Waals surface area contributed by atoms with Crippen LogP contribution >= 0.6 is 27.5 Å². The minimum Gasteiger partial charge on any atom is -0.493 e. The average molecular weight is 535 g/mol. The number of ether oxygens (including phenoxy) is 2. The van der Waals surface area contributed by atoms with Crippen LogP contribution in [-0.4, -0.2) is 37.8 Å². The molecule has 0 aliphatic heterocycles. The van der Waals surface area contributed by atoms with Crippen molar-refractivity contribution < 1.29 is 19.1 Å². The molecule has 2 aromatic carbocycles. The molecule has 0 aliphatic rings. The standard InChI is InChI=1S/C24H25BrClN3O4/c1-5-10-33-22-19(25)12-16(13-21(22)32-4)14-27-29-24(31)20(11-15(2)3)28-23(30)17-6-8-18(26)9-7-17/h1,6-9,12-15,20H,10-11H2,2-4H3,(H,28,30)(H,29,31). The highest BCUT2D eigenvalue weighted by Crippen LogP contribution is 2.36. The number of methoxy groups -OCH3 is 1. The van der Waals surface area contributed by atoms with Crippen LogP contribution in [0.1, 0.15) is 36.2 Å². The van der Waals surface area contributed by atoms with Crippen molar-refractivity contribution in [2.45, 2.75) is 26.3 Å². The van der Waals surface area contributed by atoms with E-state index in [2.05, 4.69) is 37.7 Å². The van der Waals surface area contributed by atoms with Gasteiger partial charge < -0.3 is 14.8 Å². The van der Waals surface area contributed by atoms with Crippen molar-refractivity contribution in [3.8, 4) is 23.8 Å². The predicted octanol–water partition coefficient (Wildman–Crippen LogP) is 4.42. The maximum Gasteiger partial charge on any atom is 0.262 e. The van der Waals surface area contributed by atoms with Crippen LogP contribution in [0, 0.1) is 18.3 Å². The number of rotatable bonds is 10. The molecular weight excluding hydrogens is 510 g/mol. The molecule has 0 radical (unpaired) electrons. The first-order valence-corrected chi connectivity index (χ1v) is 11.2. The normalized spacial score (nSPS) is 11.7. The van der Waals surface area contributed by atoms with Crippen LogP contribution in [0.5, 0.6) is 11.5 Å². The van der Waals surface area contributed by atoms with Crippen molar-refractivity contribution >= 4 is 45.6 Å². The van der Waals surface area contributed by atoms with E-state index in [1.54, 1.807) is 36.4 Å². The van der Waals surface area contributed by atoms with Crippen molar-refractivity contribution in [1.29, 1.82) is 0 Å². The number of carbonyl (C=O) groups is 2. The van der Waals surface area contributed by atoms with Gasteiger partial charge in [0.1, 0.15) is 12.6 Å². The first kappa shape index (κ1) is 26.2. The van der Waals surface area contributed by atoms with Gasteiger partial charge in [-0.05, 0) is 70.2 Å². The molecule has 1 unspecified atom stereocenters. The zero-order valence-electron chi connectivity index (χ0n) is 18.5. The van der Waals surface area contributed by atoms with E-state index in [0.717, 1.165) is 0 Å². The van der Waals surface area contributed by atoms with Crippen molar-refractivity contribution in [2.75, 3.05) is 13.7 Å². The van der Waals surface area contributed by atoms with E-state index in [4.69, 9.17) is 27.5 Å². The summed E-state index contributed by atoms with van der Waals surface area (Å²) < 4.78 is 11.4. The van der Waals surface area contributed by atoms with Gasteiger partial charge in [-0.25, -0.2) is 5.43 Å². The smallest absolute Gasteiger partial charge is 0.262 e. The van der Waals surface area contributed by atoms with Crippen molar-refractivity contribution in [3.05, 3.63) is 57.0 Å². The molecule has 9 heteroatoms. The number of halogens is 2. The number of hydrogen-bond donors (Lipinski definition) is 2. The maximum atomic E-state index is 12.7. The Morgan fingerprint density at radius 2 is 1.97 bits per heavy atom. The van der Waals surface area contributed by atoms with Crippen LogP contribution in [0.2, 0.25) is 5.02 Å². The number of benzene rings is 2. The van der Waals surface area contributed by atoms with Crippen LogP contribution in [0.3, 0.4) is 0 Å². The summed E-state index contributed by atoms with van der Waals surface area (Å²) in [5.74, 6) is 2.70. The topological polar surface area (TPSA) is 89.0 Å². The Kier molecular flexibility index (Phi) is 10.2. The lowest BCUT2D eigenvalue weighted by Gasteiger charge is -2.19. The summed E-state index contributed by atoms with van der Waals surface area (Å²) in [6.07, 6.45) is 7.15.